The van der Waals surface area contributed by atoms with Crippen LogP contribution < -0.4 is 11.5 Å². The van der Waals surface area contributed by atoms with E-state index in [-0.39, 0.29) is 33.1 Å². The van der Waals surface area contributed by atoms with Crippen molar-refractivity contribution in [3.05, 3.63) is 0 Å². The minimum Gasteiger partial charge on any atom is -0.370 e. The van der Waals surface area contributed by atoms with Crippen LogP contribution in [0.4, 0.5) is 0 Å². The van der Waals surface area contributed by atoms with Crippen LogP contribution in [0, 0.1) is 11.3 Å². The second-order valence-electron chi connectivity index (χ2n) is 7.94. The van der Waals surface area contributed by atoms with Crippen molar-refractivity contribution in [3.63, 3.8) is 0 Å². The number of hydrogen-bond acceptors (Lipinski definition) is 3. The molecule has 0 bridgehead atoms. The number of hydrogen-bond donors (Lipinski definition) is 3. The fourth-order valence-electron chi connectivity index (χ4n) is 2.47. The third kappa shape index (κ3) is 52.3. The first-order valence-corrected chi connectivity index (χ1v) is 15.7. The smallest absolute Gasteiger partial charge is 0.183 e. The molecule has 0 heterocycles. The summed E-state index contributed by atoms with van der Waals surface area (Å²) >= 11 is 0.0736. The maximum atomic E-state index is 10.1. The predicted octanol–water partition coefficient (Wildman–Crippen LogP) is 6.29. The summed E-state index contributed by atoms with van der Waals surface area (Å²) in [6.45, 7) is 10.6. The molecular formula is C23H51N3O2Sn. The fourth-order valence-corrected chi connectivity index (χ4v) is 6.04. The molecule has 0 atom stereocenters. The molecule has 0 aliphatic heterocycles. The van der Waals surface area contributed by atoms with Gasteiger partial charge in [-0.05, 0) is 5.92 Å². The van der Waals surface area contributed by atoms with Gasteiger partial charge >= 0.3 is 127 Å². The number of unbranched alkanes of at least 4 members (excludes halogenated alkanes) is 10. The van der Waals surface area contributed by atoms with Crippen molar-refractivity contribution in [3.8, 4) is 0 Å². The first-order chi connectivity index (χ1) is 13.8. The standard InChI is InChI=1S/2C8H17.C6H12O2.CH5N3.Sn/c2*1-3-5-7-8-6-4-2;1-5(2)4-8-6(3)7;2-1(3)4;/h2*1,3-8H2,2H3;5H,4H2,1-3H3;(H5,2,3,4);. The average Bonchev–Trinajstić information content (AvgIpc) is 2.64. The molecule has 29 heavy (non-hydrogen) atoms. The molecule has 2 radical (unpaired) electrons. The molecule has 0 rings (SSSR count). The van der Waals surface area contributed by atoms with Crippen LogP contribution in [0.15, 0.2) is 0 Å². The third-order valence-corrected chi connectivity index (χ3v) is 8.07. The van der Waals surface area contributed by atoms with E-state index in [1.165, 1.54) is 71.1 Å². The molecule has 6 heteroatoms. The molecule has 0 aromatic rings. The van der Waals surface area contributed by atoms with Gasteiger partial charge in [-0.1, -0.05) is 13.8 Å². The van der Waals surface area contributed by atoms with Crippen molar-refractivity contribution in [1.82, 2.24) is 0 Å². The van der Waals surface area contributed by atoms with Crippen molar-refractivity contribution in [2.45, 2.75) is 121 Å². The molecule has 5 nitrogen and oxygen atoms in total. The minimum absolute atomic E-state index is 0.0736. The van der Waals surface area contributed by atoms with Crippen LogP contribution in [0.5, 0.6) is 0 Å². The van der Waals surface area contributed by atoms with Crippen LogP contribution in [0.2, 0.25) is 8.87 Å². The van der Waals surface area contributed by atoms with E-state index in [4.69, 9.17) is 5.41 Å². The zero-order valence-electron chi connectivity index (χ0n) is 20.2. The zero-order valence-corrected chi connectivity index (χ0v) is 23.0. The molecule has 0 saturated carbocycles. The summed E-state index contributed by atoms with van der Waals surface area (Å²) in [7, 11) is 0. The van der Waals surface area contributed by atoms with E-state index in [9.17, 15) is 4.79 Å². The molecule has 0 aromatic carbocycles. The summed E-state index contributed by atoms with van der Waals surface area (Å²) in [6.07, 6.45) is 17.8. The van der Waals surface area contributed by atoms with Gasteiger partial charge in [0.2, 0.25) is 0 Å². The van der Waals surface area contributed by atoms with Crippen LogP contribution >= 0.6 is 0 Å². The molecule has 0 aliphatic carbocycles. The van der Waals surface area contributed by atoms with Crippen LogP contribution in [0.1, 0.15) is 112 Å². The Labute approximate surface area is 192 Å². The van der Waals surface area contributed by atoms with Crippen LogP contribution in [0.25, 0.3) is 0 Å². The molecule has 0 fully saturated rings. The maximum absolute atomic E-state index is 10.1. The predicted molar refractivity (Wildman–Crippen MR) is 130 cm³/mol. The number of ether oxygens (including phenoxy) is 1. The van der Waals surface area contributed by atoms with Gasteiger partial charge in [0.05, 0.1) is 6.61 Å². The van der Waals surface area contributed by atoms with Gasteiger partial charge in [-0.2, -0.15) is 0 Å². The van der Waals surface area contributed by atoms with Crippen molar-refractivity contribution < 1.29 is 9.53 Å². The summed E-state index contributed by atoms with van der Waals surface area (Å²) in [5, 5.41) is 6.06. The van der Waals surface area contributed by atoms with Gasteiger partial charge in [0.1, 0.15) is 0 Å². The molecular weight excluding hydrogens is 469 g/mol. The monoisotopic (exact) mass is 521 g/mol. The summed E-state index contributed by atoms with van der Waals surface area (Å²) in [5.74, 6) is -0.0856. The summed E-state index contributed by atoms with van der Waals surface area (Å²) in [4.78, 5) is 10.1. The number of carbonyl (C=O) groups excluding carboxylic acids is 1. The third-order valence-electron chi connectivity index (χ3n) is 4.03. The number of guanidine groups is 1. The van der Waals surface area contributed by atoms with E-state index in [0.29, 0.717) is 12.5 Å². The van der Waals surface area contributed by atoms with Gasteiger partial charge in [-0.25, -0.2) is 0 Å². The number of esters is 1. The Morgan fingerprint density at radius 3 is 1.45 bits per heavy atom. The van der Waals surface area contributed by atoms with Gasteiger partial charge in [0.25, 0.3) is 0 Å². The van der Waals surface area contributed by atoms with E-state index in [1.807, 2.05) is 13.8 Å². The van der Waals surface area contributed by atoms with Gasteiger partial charge in [-0.15, -0.1) is 0 Å². The largest absolute Gasteiger partial charge is 0.370 e. The average molecular weight is 520 g/mol. The molecule has 5 N–H and O–H groups in total. The van der Waals surface area contributed by atoms with E-state index in [2.05, 4.69) is 30.1 Å². The Morgan fingerprint density at radius 1 is 0.828 bits per heavy atom. The van der Waals surface area contributed by atoms with E-state index in [0.717, 1.165) is 0 Å². The Balaban J connectivity index is -0.000000465. The van der Waals surface area contributed by atoms with Crippen LogP contribution in [-0.4, -0.2) is 39.7 Å². The first-order valence-electron chi connectivity index (χ1n) is 11.7. The Hall–Kier alpha value is -0.461. The minimum atomic E-state index is -0.333. The topological polar surface area (TPSA) is 102 Å². The maximum Gasteiger partial charge on any atom is 0.183 e. The van der Waals surface area contributed by atoms with Crippen molar-refractivity contribution in [2.24, 2.45) is 17.4 Å². The van der Waals surface area contributed by atoms with E-state index < -0.39 is 0 Å². The molecule has 174 valence electrons. The number of nitrogens with one attached hydrogen (secondary N) is 1. The molecule has 0 aliphatic rings. The summed E-state index contributed by atoms with van der Waals surface area (Å²) < 4.78 is 7.98. The van der Waals surface area contributed by atoms with Crippen LogP contribution in [-0.2, 0) is 9.53 Å². The summed E-state index contributed by atoms with van der Waals surface area (Å²) in [5.41, 5.74) is 8.94. The first kappa shape index (κ1) is 33.2. The van der Waals surface area contributed by atoms with E-state index in [1.54, 1.807) is 21.7 Å². The second kappa shape index (κ2) is 29.7. The molecule has 0 unspecified atom stereocenters. The van der Waals surface area contributed by atoms with Gasteiger partial charge < -0.3 is 16.2 Å². The molecule has 0 spiro atoms. The van der Waals surface area contributed by atoms with Gasteiger partial charge in [0, 0.05) is 6.92 Å². The van der Waals surface area contributed by atoms with E-state index >= 15 is 0 Å². The van der Waals surface area contributed by atoms with Crippen molar-refractivity contribution in [1.29, 1.82) is 5.41 Å². The molecule has 0 saturated heterocycles. The Kier molecular flexibility index (Phi) is 34.0. The second-order valence-corrected chi connectivity index (χ2v) is 12.2. The van der Waals surface area contributed by atoms with Gasteiger partial charge in [0.15, 0.2) is 5.96 Å². The zero-order chi connectivity index (χ0) is 22.8. The molecule has 0 aromatic heterocycles. The Bertz CT molecular complexity index is 322. The number of carbonyl (C=O) groups is 1. The number of rotatable bonds is 16. The normalized spacial score (nSPS) is 9.86. The Morgan fingerprint density at radius 2 is 1.17 bits per heavy atom. The van der Waals surface area contributed by atoms with Crippen molar-refractivity contribution >= 4 is 33.1 Å². The fraction of sp³-hybridized carbons (Fsp3) is 0.913. The molecule has 0 amide bonds. The number of nitrogens with two attached hydrogens (primary N) is 2. The van der Waals surface area contributed by atoms with Gasteiger partial charge in [-0.3, -0.25) is 10.2 Å². The van der Waals surface area contributed by atoms with Crippen LogP contribution in [0.3, 0.4) is 0 Å². The van der Waals surface area contributed by atoms with Crippen molar-refractivity contribution in [2.75, 3.05) is 6.61 Å². The summed E-state index contributed by atoms with van der Waals surface area (Å²) in [6, 6.07) is 0. The quantitative estimate of drug-likeness (QED) is 0.0732. The SMILES string of the molecule is CC(=O)OCC(C)C.CCCCCCC[CH2][Sn][CH2]CCCCCCC.N=C(N)N.